The Labute approximate surface area is 99.8 Å². The first kappa shape index (κ1) is 11.8. The van der Waals surface area contributed by atoms with Gasteiger partial charge >= 0.3 is 0 Å². The molecular weight excluding hydrogens is 218 g/mol. The fraction of sp³-hybridized carbons (Fsp3) is 0.583. The van der Waals surface area contributed by atoms with Crippen LogP contribution >= 0.6 is 0 Å². The zero-order chi connectivity index (χ0) is 12.3. The molecule has 0 aromatic carbocycles. The van der Waals surface area contributed by atoms with Gasteiger partial charge in [-0.05, 0) is 18.9 Å². The molecule has 0 saturated heterocycles. The highest BCUT2D eigenvalue weighted by molar-refractivity contribution is 5.75. The molecule has 0 atom stereocenters. The van der Waals surface area contributed by atoms with Crippen LogP contribution in [0.4, 0.5) is 0 Å². The SMILES string of the molecule is CCC(=O)NCCn1nc(C2CC2)ccc1=O. The number of nitrogens with one attached hydrogen (secondary N) is 1. The van der Waals surface area contributed by atoms with Crippen LogP contribution in [0.1, 0.15) is 37.8 Å². The van der Waals surface area contributed by atoms with E-state index in [0.717, 1.165) is 18.5 Å². The summed E-state index contributed by atoms with van der Waals surface area (Å²) in [6, 6.07) is 3.36. The van der Waals surface area contributed by atoms with Crippen LogP contribution in [0.2, 0.25) is 0 Å². The predicted molar refractivity (Wildman–Crippen MR) is 63.8 cm³/mol. The minimum atomic E-state index is -0.111. The Morgan fingerprint density at radius 3 is 2.94 bits per heavy atom. The van der Waals surface area contributed by atoms with E-state index in [1.807, 2.05) is 0 Å². The molecular formula is C12H17N3O2. The average Bonchev–Trinajstić information content (AvgIpc) is 3.15. The van der Waals surface area contributed by atoms with Crippen LogP contribution in [0, 0.1) is 0 Å². The highest BCUT2D eigenvalue weighted by atomic mass is 16.1. The fourth-order valence-electron chi connectivity index (χ4n) is 1.65. The highest BCUT2D eigenvalue weighted by Gasteiger charge is 2.25. The van der Waals surface area contributed by atoms with Crippen molar-refractivity contribution in [2.75, 3.05) is 6.54 Å². The number of amides is 1. The summed E-state index contributed by atoms with van der Waals surface area (Å²) in [4.78, 5) is 22.6. The van der Waals surface area contributed by atoms with Crippen LogP contribution in [0.3, 0.4) is 0 Å². The maximum absolute atomic E-state index is 11.5. The molecule has 1 heterocycles. The van der Waals surface area contributed by atoms with E-state index in [2.05, 4.69) is 10.4 Å². The molecule has 1 fully saturated rings. The topological polar surface area (TPSA) is 64.0 Å². The Balaban J connectivity index is 1.97. The van der Waals surface area contributed by atoms with Gasteiger partial charge in [0.25, 0.3) is 5.56 Å². The summed E-state index contributed by atoms with van der Waals surface area (Å²) in [5.41, 5.74) is 0.881. The van der Waals surface area contributed by atoms with Crippen LogP contribution in [0.5, 0.6) is 0 Å². The largest absolute Gasteiger partial charge is 0.354 e. The Hall–Kier alpha value is -1.65. The molecule has 2 rings (SSSR count). The van der Waals surface area contributed by atoms with Crippen LogP contribution in [0.15, 0.2) is 16.9 Å². The smallest absolute Gasteiger partial charge is 0.266 e. The summed E-state index contributed by atoms with van der Waals surface area (Å²) in [6.07, 6.45) is 2.79. The molecule has 1 saturated carbocycles. The number of carbonyl (C=O) groups excluding carboxylic acids is 1. The molecule has 0 aliphatic heterocycles. The van der Waals surface area contributed by atoms with Gasteiger partial charge < -0.3 is 5.32 Å². The van der Waals surface area contributed by atoms with E-state index in [4.69, 9.17) is 0 Å². The van der Waals surface area contributed by atoms with Crippen molar-refractivity contribution in [3.05, 3.63) is 28.2 Å². The zero-order valence-electron chi connectivity index (χ0n) is 9.98. The van der Waals surface area contributed by atoms with E-state index in [1.165, 1.54) is 4.68 Å². The minimum Gasteiger partial charge on any atom is -0.354 e. The van der Waals surface area contributed by atoms with Gasteiger partial charge in [-0.1, -0.05) is 6.92 Å². The van der Waals surface area contributed by atoms with Gasteiger partial charge in [0.1, 0.15) is 0 Å². The summed E-state index contributed by atoms with van der Waals surface area (Å²) >= 11 is 0. The second kappa shape index (κ2) is 5.12. The summed E-state index contributed by atoms with van der Waals surface area (Å²) in [7, 11) is 0. The van der Waals surface area contributed by atoms with E-state index in [-0.39, 0.29) is 11.5 Å². The van der Waals surface area contributed by atoms with Crippen molar-refractivity contribution in [2.45, 2.75) is 38.6 Å². The maximum atomic E-state index is 11.5. The van der Waals surface area contributed by atoms with Crippen molar-refractivity contribution in [3.8, 4) is 0 Å². The van der Waals surface area contributed by atoms with E-state index < -0.39 is 0 Å². The summed E-state index contributed by atoms with van der Waals surface area (Å²) in [5.74, 6) is 0.531. The van der Waals surface area contributed by atoms with Crippen molar-refractivity contribution >= 4 is 5.91 Å². The summed E-state index contributed by atoms with van der Waals surface area (Å²) < 4.78 is 1.43. The maximum Gasteiger partial charge on any atom is 0.266 e. The number of nitrogens with zero attached hydrogens (tertiary/aromatic N) is 2. The fourth-order valence-corrected chi connectivity index (χ4v) is 1.65. The molecule has 1 aromatic heterocycles. The van der Waals surface area contributed by atoms with Crippen molar-refractivity contribution in [1.29, 1.82) is 0 Å². The van der Waals surface area contributed by atoms with E-state index >= 15 is 0 Å². The van der Waals surface area contributed by atoms with Gasteiger partial charge in [0.05, 0.1) is 12.2 Å². The van der Waals surface area contributed by atoms with Gasteiger partial charge in [-0.25, -0.2) is 4.68 Å². The number of aromatic nitrogens is 2. The first-order valence-corrected chi connectivity index (χ1v) is 6.05. The Morgan fingerprint density at radius 1 is 1.53 bits per heavy atom. The normalized spacial score (nSPS) is 14.6. The monoisotopic (exact) mass is 235 g/mol. The second-order valence-corrected chi connectivity index (χ2v) is 4.30. The standard InChI is InChI=1S/C12H17N3O2/c1-2-11(16)13-7-8-15-12(17)6-5-10(14-15)9-3-4-9/h5-6,9H,2-4,7-8H2,1H3,(H,13,16). The van der Waals surface area contributed by atoms with Crippen LogP contribution in [-0.4, -0.2) is 22.2 Å². The third-order valence-corrected chi connectivity index (χ3v) is 2.85. The molecule has 1 aliphatic rings. The van der Waals surface area contributed by atoms with E-state index in [9.17, 15) is 9.59 Å². The van der Waals surface area contributed by atoms with E-state index in [0.29, 0.717) is 25.4 Å². The molecule has 1 N–H and O–H groups in total. The molecule has 5 heteroatoms. The number of hydrogen-bond donors (Lipinski definition) is 1. The van der Waals surface area contributed by atoms with Gasteiger partial charge in [-0.15, -0.1) is 0 Å². The molecule has 1 amide bonds. The lowest BCUT2D eigenvalue weighted by atomic mass is 10.3. The van der Waals surface area contributed by atoms with Crippen LogP contribution < -0.4 is 10.9 Å². The van der Waals surface area contributed by atoms with Crippen molar-refractivity contribution in [1.82, 2.24) is 15.1 Å². The second-order valence-electron chi connectivity index (χ2n) is 4.30. The zero-order valence-corrected chi connectivity index (χ0v) is 9.98. The average molecular weight is 235 g/mol. The highest BCUT2D eigenvalue weighted by Crippen LogP contribution is 2.38. The van der Waals surface area contributed by atoms with Gasteiger partial charge in [0, 0.05) is 24.9 Å². The Bertz CT molecular complexity index is 463. The van der Waals surface area contributed by atoms with E-state index in [1.54, 1.807) is 19.1 Å². The number of carbonyl (C=O) groups is 1. The van der Waals surface area contributed by atoms with Gasteiger partial charge in [0.2, 0.25) is 5.91 Å². The van der Waals surface area contributed by atoms with Gasteiger partial charge in [-0.3, -0.25) is 9.59 Å². The lowest BCUT2D eigenvalue weighted by molar-refractivity contribution is -0.120. The lowest BCUT2D eigenvalue weighted by Gasteiger charge is -2.07. The molecule has 0 bridgehead atoms. The molecule has 0 spiro atoms. The minimum absolute atomic E-state index is 0.00334. The number of hydrogen-bond acceptors (Lipinski definition) is 3. The van der Waals surface area contributed by atoms with Crippen molar-refractivity contribution in [3.63, 3.8) is 0 Å². The van der Waals surface area contributed by atoms with Crippen LogP contribution in [0.25, 0.3) is 0 Å². The first-order chi connectivity index (χ1) is 8.20. The molecule has 0 radical (unpaired) electrons. The molecule has 1 aliphatic carbocycles. The number of rotatable bonds is 5. The Morgan fingerprint density at radius 2 is 2.29 bits per heavy atom. The molecule has 92 valence electrons. The van der Waals surface area contributed by atoms with Crippen LogP contribution in [-0.2, 0) is 11.3 Å². The van der Waals surface area contributed by atoms with Gasteiger partial charge in [0.15, 0.2) is 0 Å². The van der Waals surface area contributed by atoms with Crippen molar-refractivity contribution < 1.29 is 4.79 Å². The van der Waals surface area contributed by atoms with Crippen molar-refractivity contribution in [2.24, 2.45) is 0 Å². The molecule has 0 unspecified atom stereocenters. The first-order valence-electron chi connectivity index (χ1n) is 6.05. The lowest BCUT2D eigenvalue weighted by Crippen LogP contribution is -2.31. The Kier molecular flexibility index (Phi) is 3.56. The summed E-state index contributed by atoms with van der Waals surface area (Å²) in [5, 5.41) is 7.04. The predicted octanol–water partition coefficient (Wildman–Crippen LogP) is 0.647. The van der Waals surface area contributed by atoms with Gasteiger partial charge in [-0.2, -0.15) is 5.10 Å². The third-order valence-electron chi connectivity index (χ3n) is 2.85. The molecule has 17 heavy (non-hydrogen) atoms. The summed E-state index contributed by atoms with van der Waals surface area (Å²) in [6.45, 7) is 2.69. The third kappa shape index (κ3) is 3.15. The molecule has 5 nitrogen and oxygen atoms in total. The quantitative estimate of drug-likeness (QED) is 0.815. The molecule has 1 aromatic rings.